The lowest BCUT2D eigenvalue weighted by atomic mass is 10.0. The van der Waals surface area contributed by atoms with Crippen molar-refractivity contribution in [2.75, 3.05) is 6.61 Å². The van der Waals surface area contributed by atoms with Gasteiger partial charge in [-0.2, -0.15) is 0 Å². The van der Waals surface area contributed by atoms with Crippen molar-refractivity contribution in [3.63, 3.8) is 0 Å². The molecule has 0 aromatic carbocycles. The fourth-order valence-corrected chi connectivity index (χ4v) is 3.89. The summed E-state index contributed by atoms with van der Waals surface area (Å²) in [4.78, 5) is 56.7. The molecule has 1 fully saturated rings. The number of ether oxygens (including phenoxy) is 5. The normalized spacial score (nSPS) is 15.9. The Kier molecular flexibility index (Phi) is 35.2. The Hall–Kier alpha value is -2.79. The largest absolute Gasteiger partial charge is 0.460 e. The van der Waals surface area contributed by atoms with Gasteiger partial charge in [0.05, 0.1) is 42.5 Å². The molecule has 1 N–H and O–H groups in total. The van der Waals surface area contributed by atoms with E-state index in [0.717, 1.165) is 13.0 Å². The van der Waals surface area contributed by atoms with Crippen molar-refractivity contribution in [3.05, 3.63) is 12.7 Å². The molecular formula is C45H90O11. The van der Waals surface area contributed by atoms with Crippen LogP contribution in [-0.4, -0.2) is 76.0 Å². The summed E-state index contributed by atoms with van der Waals surface area (Å²) in [6, 6.07) is 0. The second-order valence-corrected chi connectivity index (χ2v) is 17.8. The maximum absolute atomic E-state index is 11.5. The topological polar surface area (TPSA) is 155 Å². The van der Waals surface area contributed by atoms with Crippen molar-refractivity contribution in [1.82, 2.24) is 0 Å². The van der Waals surface area contributed by atoms with Crippen molar-refractivity contribution >= 4 is 29.7 Å². The summed E-state index contributed by atoms with van der Waals surface area (Å²) in [7, 11) is 0. The maximum atomic E-state index is 11.5. The number of esters is 4. The van der Waals surface area contributed by atoms with Gasteiger partial charge in [0.25, 0.3) is 0 Å². The molecule has 0 aliphatic carbocycles. The monoisotopic (exact) mass is 807 g/mol. The van der Waals surface area contributed by atoms with Crippen LogP contribution in [0, 0.1) is 23.7 Å². The molecule has 0 saturated carbocycles. The van der Waals surface area contributed by atoms with Crippen molar-refractivity contribution in [1.29, 1.82) is 0 Å². The summed E-state index contributed by atoms with van der Waals surface area (Å²) in [6.07, 6.45) is 5.00. The molecule has 1 rings (SSSR count). The summed E-state index contributed by atoms with van der Waals surface area (Å²) < 4.78 is 25.8. The van der Waals surface area contributed by atoms with Gasteiger partial charge in [-0.05, 0) is 109 Å². The molecule has 11 heteroatoms. The van der Waals surface area contributed by atoms with Gasteiger partial charge in [-0.25, -0.2) is 0 Å². The first kappa shape index (κ1) is 65.1. The second-order valence-electron chi connectivity index (χ2n) is 17.8. The summed E-state index contributed by atoms with van der Waals surface area (Å²) in [5.41, 5.74) is -1.68. The van der Waals surface area contributed by atoms with Crippen LogP contribution in [0.25, 0.3) is 0 Å². The first-order chi connectivity index (χ1) is 23.8. The minimum absolute atomic E-state index is 0. The molecule has 6 unspecified atom stereocenters. The third kappa shape index (κ3) is 42.4. The zero-order chi connectivity index (χ0) is 42.5. The van der Waals surface area contributed by atoms with Gasteiger partial charge in [0.15, 0.2) is 0 Å². The van der Waals surface area contributed by atoms with Gasteiger partial charge in [-0.1, -0.05) is 69.9 Å². The number of allylic oxidation sites excluding steroid dienone is 1. The van der Waals surface area contributed by atoms with Crippen LogP contribution in [0.4, 0.5) is 0 Å². The number of aliphatic hydroxyl groups is 1. The van der Waals surface area contributed by atoms with E-state index in [1.165, 1.54) is 0 Å². The lowest BCUT2D eigenvalue weighted by Crippen LogP contribution is -2.29. The lowest BCUT2D eigenvalue weighted by molar-refractivity contribution is -0.161. The van der Waals surface area contributed by atoms with Crippen molar-refractivity contribution in [2.24, 2.45) is 23.7 Å². The Morgan fingerprint density at radius 3 is 1.25 bits per heavy atom. The van der Waals surface area contributed by atoms with Crippen molar-refractivity contribution in [3.8, 4) is 0 Å². The smallest absolute Gasteiger partial charge is 0.309 e. The van der Waals surface area contributed by atoms with E-state index in [9.17, 15) is 29.1 Å². The van der Waals surface area contributed by atoms with Gasteiger partial charge in [-0.3, -0.25) is 24.0 Å². The van der Waals surface area contributed by atoms with Crippen LogP contribution < -0.4 is 0 Å². The molecule has 56 heavy (non-hydrogen) atoms. The fourth-order valence-electron chi connectivity index (χ4n) is 3.89. The van der Waals surface area contributed by atoms with E-state index in [1.807, 2.05) is 104 Å². The van der Waals surface area contributed by atoms with Gasteiger partial charge in [-0.15, -0.1) is 6.58 Å². The highest BCUT2D eigenvalue weighted by molar-refractivity contribution is 5.84. The molecule has 0 aromatic heterocycles. The summed E-state index contributed by atoms with van der Waals surface area (Å²) in [5.74, 6) is -1.39. The Labute approximate surface area is 344 Å². The Morgan fingerprint density at radius 1 is 0.643 bits per heavy atom. The van der Waals surface area contributed by atoms with Crippen LogP contribution in [0.2, 0.25) is 0 Å². The van der Waals surface area contributed by atoms with Crippen LogP contribution in [0.1, 0.15) is 185 Å². The Bertz CT molecular complexity index is 1100. The molecule has 1 aliphatic heterocycles. The molecule has 6 atom stereocenters. The standard InChI is InChI=1S/C11H22O3.C11H20O3.C10H18O3.C10H18O2.3CH4/c2*1-6-9(12)7-8(2)10(13)14-11(3,4)5;1-7(5-8-6-12-8)9(11)13-10(2,3)4;1-6-7-8(2)9(11)12-10(3,4)5;;;/h8-9,12H,6-7H2,1-5H3;8H,6-7H2,1-5H3;7-8H,5-6H2,1-4H3;6,8H,1,7H2,2-5H3;3*1H4. The quantitative estimate of drug-likeness (QED) is 0.0771. The van der Waals surface area contributed by atoms with E-state index < -0.39 is 17.3 Å². The van der Waals surface area contributed by atoms with E-state index >= 15 is 0 Å². The molecule has 0 aromatic rings. The predicted molar refractivity (Wildman–Crippen MR) is 230 cm³/mol. The molecular weight excluding hydrogens is 716 g/mol. The first-order valence-electron chi connectivity index (χ1n) is 19.1. The number of rotatable bonds is 14. The average molecular weight is 807 g/mol. The number of hydrogen-bond acceptors (Lipinski definition) is 11. The highest BCUT2D eigenvalue weighted by atomic mass is 16.6. The van der Waals surface area contributed by atoms with Crippen molar-refractivity contribution < 1.29 is 52.8 Å². The number of epoxide rings is 1. The molecule has 11 nitrogen and oxygen atoms in total. The molecule has 1 aliphatic rings. The highest BCUT2D eigenvalue weighted by Crippen LogP contribution is 2.22. The van der Waals surface area contributed by atoms with Gasteiger partial charge in [0, 0.05) is 12.8 Å². The first-order valence-corrected chi connectivity index (χ1v) is 19.1. The van der Waals surface area contributed by atoms with Crippen LogP contribution in [0.3, 0.4) is 0 Å². The average Bonchev–Trinajstić information content (AvgIpc) is 3.78. The third-order valence-electron chi connectivity index (χ3n) is 6.80. The van der Waals surface area contributed by atoms with E-state index in [-0.39, 0.29) is 93.2 Å². The van der Waals surface area contributed by atoms with E-state index in [1.54, 1.807) is 26.8 Å². The van der Waals surface area contributed by atoms with Crippen LogP contribution in [0.5, 0.6) is 0 Å². The number of carbonyl (C=O) groups is 5. The second kappa shape index (κ2) is 30.3. The number of aliphatic hydroxyl groups excluding tert-OH is 1. The zero-order valence-corrected chi connectivity index (χ0v) is 36.7. The van der Waals surface area contributed by atoms with Crippen LogP contribution >= 0.6 is 0 Å². The van der Waals surface area contributed by atoms with E-state index in [0.29, 0.717) is 31.8 Å². The van der Waals surface area contributed by atoms with E-state index in [2.05, 4.69) is 6.58 Å². The van der Waals surface area contributed by atoms with Crippen LogP contribution in [0.15, 0.2) is 12.7 Å². The van der Waals surface area contributed by atoms with Gasteiger partial charge in [0.1, 0.15) is 28.2 Å². The predicted octanol–water partition coefficient (Wildman–Crippen LogP) is 10.7. The molecule has 0 bridgehead atoms. The third-order valence-corrected chi connectivity index (χ3v) is 6.80. The molecule has 0 spiro atoms. The number of Topliss-reactive ketones (excluding diaryl/α,β-unsaturated/α-hetero) is 1. The minimum atomic E-state index is -0.472. The highest BCUT2D eigenvalue weighted by Gasteiger charge is 2.30. The van der Waals surface area contributed by atoms with Crippen LogP contribution in [-0.2, 0) is 47.7 Å². The summed E-state index contributed by atoms with van der Waals surface area (Å²) in [5, 5.41) is 9.37. The van der Waals surface area contributed by atoms with E-state index in [4.69, 9.17) is 23.7 Å². The zero-order valence-electron chi connectivity index (χ0n) is 36.7. The number of carbonyl (C=O) groups excluding carboxylic acids is 5. The fraction of sp³-hybridized carbons (Fsp3) is 0.844. The number of hydrogen-bond donors (Lipinski definition) is 1. The van der Waals surface area contributed by atoms with Gasteiger partial charge >= 0.3 is 23.9 Å². The molecule has 336 valence electrons. The Morgan fingerprint density at radius 2 is 0.964 bits per heavy atom. The lowest BCUT2D eigenvalue weighted by Gasteiger charge is -2.23. The van der Waals surface area contributed by atoms with Crippen molar-refractivity contribution in [2.45, 2.75) is 220 Å². The molecule has 1 heterocycles. The minimum Gasteiger partial charge on any atom is -0.460 e. The maximum Gasteiger partial charge on any atom is 0.309 e. The summed E-state index contributed by atoms with van der Waals surface area (Å²) >= 11 is 0. The SMILES string of the molecule is C.C.C.C=CCC(C)C(=O)OC(C)(C)C.CC(CC1CO1)C(=O)OC(C)(C)C.CCC(=O)CC(C)C(=O)OC(C)(C)C.CCC(O)CC(C)C(=O)OC(C)(C)C. The summed E-state index contributed by atoms with van der Waals surface area (Å²) in [6.45, 7) is 37.5. The molecule has 0 amide bonds. The molecule has 0 radical (unpaired) electrons. The van der Waals surface area contributed by atoms with Gasteiger partial charge in [0.2, 0.25) is 0 Å². The number of ketones is 1. The van der Waals surface area contributed by atoms with Gasteiger partial charge < -0.3 is 28.8 Å². The Balaban J connectivity index is -0.000000146. The molecule has 1 saturated heterocycles.